The predicted molar refractivity (Wildman–Crippen MR) is 69.0 cm³/mol. The fraction of sp³-hybridized carbons (Fsp3) is 0.643. The molecule has 0 saturated carbocycles. The Kier molecular flexibility index (Phi) is 6.63. The van der Waals surface area contributed by atoms with Crippen molar-refractivity contribution in [2.24, 2.45) is 5.92 Å². The Morgan fingerprint density at radius 2 is 2.24 bits per heavy atom. The number of nitrogens with zero attached hydrogens (tertiary/aromatic N) is 1. The molecule has 0 fully saturated rings. The molecular weight excluding hydrogens is 214 g/mol. The van der Waals surface area contributed by atoms with Crippen LogP contribution >= 0.6 is 0 Å². The summed E-state index contributed by atoms with van der Waals surface area (Å²) in [5.74, 6) is 1.43. The molecule has 0 aliphatic carbocycles. The number of hydrogen-bond acceptors (Lipinski definition) is 3. The second-order valence-corrected chi connectivity index (χ2v) is 4.37. The average molecular weight is 237 g/mol. The van der Waals surface area contributed by atoms with E-state index in [1.807, 2.05) is 6.07 Å². The normalized spacial score (nSPS) is 12.4. The lowest BCUT2D eigenvalue weighted by Crippen LogP contribution is -2.11. The highest BCUT2D eigenvalue weighted by Crippen LogP contribution is 2.16. The van der Waals surface area contributed by atoms with E-state index < -0.39 is 0 Å². The van der Waals surface area contributed by atoms with Crippen LogP contribution in [0.1, 0.15) is 45.2 Å². The van der Waals surface area contributed by atoms with Gasteiger partial charge in [-0.05, 0) is 18.4 Å². The zero-order chi connectivity index (χ0) is 12.5. The lowest BCUT2D eigenvalue weighted by Gasteiger charge is -2.15. The number of aliphatic hydroxyl groups is 1. The van der Waals surface area contributed by atoms with Crippen LogP contribution in [0, 0.1) is 5.92 Å². The summed E-state index contributed by atoms with van der Waals surface area (Å²) in [6.07, 6.45) is 6.55. The fourth-order valence-electron chi connectivity index (χ4n) is 1.74. The maximum atomic E-state index is 8.98. The highest BCUT2D eigenvalue weighted by atomic mass is 16.5. The largest absolute Gasteiger partial charge is 0.493 e. The minimum absolute atomic E-state index is 0.0375. The smallest absolute Gasteiger partial charge is 0.122 e. The lowest BCUT2D eigenvalue weighted by molar-refractivity contribution is 0.231. The first-order chi connectivity index (χ1) is 8.30. The van der Waals surface area contributed by atoms with Crippen LogP contribution < -0.4 is 4.74 Å². The Bertz CT molecular complexity index is 315. The van der Waals surface area contributed by atoms with E-state index in [4.69, 9.17) is 9.84 Å². The highest BCUT2D eigenvalue weighted by molar-refractivity contribution is 5.22. The van der Waals surface area contributed by atoms with Crippen LogP contribution in [-0.2, 0) is 6.61 Å². The van der Waals surface area contributed by atoms with Gasteiger partial charge in [-0.3, -0.25) is 4.98 Å². The van der Waals surface area contributed by atoms with Crippen LogP contribution in [0.25, 0.3) is 0 Å². The Morgan fingerprint density at radius 1 is 1.41 bits per heavy atom. The van der Waals surface area contributed by atoms with Gasteiger partial charge in [-0.2, -0.15) is 0 Å². The second kappa shape index (κ2) is 8.07. The molecule has 0 aliphatic rings. The van der Waals surface area contributed by atoms with Crippen molar-refractivity contribution in [1.29, 1.82) is 0 Å². The predicted octanol–water partition coefficient (Wildman–Crippen LogP) is 3.17. The first kappa shape index (κ1) is 14.0. The zero-order valence-electron chi connectivity index (χ0n) is 10.9. The molecule has 0 bridgehead atoms. The molecule has 0 aliphatic heterocycles. The van der Waals surface area contributed by atoms with Gasteiger partial charge in [0, 0.05) is 12.3 Å². The standard InChI is InChI=1S/C14H23NO2/c1-3-5-6-12(4-2)11-17-14-7-8-15-13(9-14)10-16/h7-9,12,16H,3-6,10-11H2,1-2H3. The molecule has 1 aromatic rings. The quantitative estimate of drug-likeness (QED) is 0.755. The molecule has 1 unspecified atom stereocenters. The molecule has 0 aromatic carbocycles. The van der Waals surface area contributed by atoms with E-state index >= 15 is 0 Å². The third kappa shape index (κ3) is 5.18. The van der Waals surface area contributed by atoms with E-state index in [9.17, 15) is 0 Å². The number of aromatic nitrogens is 1. The van der Waals surface area contributed by atoms with Crippen LogP contribution in [0.5, 0.6) is 5.75 Å². The second-order valence-electron chi connectivity index (χ2n) is 4.37. The summed E-state index contributed by atoms with van der Waals surface area (Å²) in [7, 11) is 0. The summed E-state index contributed by atoms with van der Waals surface area (Å²) >= 11 is 0. The fourth-order valence-corrected chi connectivity index (χ4v) is 1.74. The number of ether oxygens (including phenoxy) is 1. The number of aliphatic hydroxyl groups excluding tert-OH is 1. The number of unbranched alkanes of at least 4 members (excludes halogenated alkanes) is 1. The highest BCUT2D eigenvalue weighted by Gasteiger charge is 2.07. The van der Waals surface area contributed by atoms with E-state index in [1.165, 1.54) is 19.3 Å². The van der Waals surface area contributed by atoms with Crippen LogP contribution in [0.15, 0.2) is 18.3 Å². The summed E-state index contributed by atoms with van der Waals surface area (Å²) in [6, 6.07) is 3.64. The minimum Gasteiger partial charge on any atom is -0.493 e. The van der Waals surface area contributed by atoms with Crippen molar-refractivity contribution in [3.63, 3.8) is 0 Å². The summed E-state index contributed by atoms with van der Waals surface area (Å²) in [5.41, 5.74) is 0.657. The maximum absolute atomic E-state index is 8.98. The molecule has 0 amide bonds. The molecule has 1 heterocycles. The minimum atomic E-state index is -0.0375. The van der Waals surface area contributed by atoms with Crippen LogP contribution in [-0.4, -0.2) is 16.7 Å². The van der Waals surface area contributed by atoms with E-state index in [0.29, 0.717) is 11.6 Å². The molecule has 1 N–H and O–H groups in total. The maximum Gasteiger partial charge on any atom is 0.122 e. The molecule has 0 radical (unpaired) electrons. The van der Waals surface area contributed by atoms with E-state index in [-0.39, 0.29) is 6.61 Å². The Labute approximate surface area is 104 Å². The molecular formula is C14H23NO2. The summed E-state index contributed by atoms with van der Waals surface area (Å²) in [4.78, 5) is 4.02. The van der Waals surface area contributed by atoms with Crippen LogP contribution in [0.3, 0.4) is 0 Å². The topological polar surface area (TPSA) is 42.4 Å². The summed E-state index contributed by atoms with van der Waals surface area (Å²) in [6.45, 7) is 5.13. The molecule has 0 spiro atoms. The average Bonchev–Trinajstić information content (AvgIpc) is 2.39. The van der Waals surface area contributed by atoms with Gasteiger partial charge < -0.3 is 9.84 Å². The summed E-state index contributed by atoms with van der Waals surface area (Å²) in [5, 5.41) is 8.98. The van der Waals surface area contributed by atoms with Crippen molar-refractivity contribution >= 4 is 0 Å². The first-order valence-corrected chi connectivity index (χ1v) is 6.48. The van der Waals surface area contributed by atoms with Gasteiger partial charge in [-0.15, -0.1) is 0 Å². The van der Waals surface area contributed by atoms with Gasteiger partial charge in [0.15, 0.2) is 0 Å². The van der Waals surface area contributed by atoms with E-state index in [0.717, 1.165) is 18.8 Å². The van der Waals surface area contributed by atoms with Gasteiger partial charge in [-0.1, -0.05) is 33.1 Å². The van der Waals surface area contributed by atoms with Crippen molar-refractivity contribution in [2.75, 3.05) is 6.61 Å². The Morgan fingerprint density at radius 3 is 2.88 bits per heavy atom. The molecule has 1 atom stereocenters. The van der Waals surface area contributed by atoms with Gasteiger partial charge in [-0.25, -0.2) is 0 Å². The third-order valence-electron chi connectivity index (χ3n) is 2.98. The first-order valence-electron chi connectivity index (χ1n) is 6.48. The molecule has 17 heavy (non-hydrogen) atoms. The number of hydrogen-bond donors (Lipinski definition) is 1. The van der Waals surface area contributed by atoms with Gasteiger partial charge in [0.25, 0.3) is 0 Å². The van der Waals surface area contributed by atoms with Crippen molar-refractivity contribution in [2.45, 2.75) is 46.1 Å². The third-order valence-corrected chi connectivity index (χ3v) is 2.98. The lowest BCUT2D eigenvalue weighted by atomic mass is 10.0. The molecule has 0 saturated heterocycles. The SMILES string of the molecule is CCCCC(CC)COc1ccnc(CO)c1. The monoisotopic (exact) mass is 237 g/mol. The Balaban J connectivity index is 2.41. The number of pyridine rings is 1. The molecule has 3 heteroatoms. The Hall–Kier alpha value is -1.09. The van der Waals surface area contributed by atoms with Crippen molar-refractivity contribution in [3.05, 3.63) is 24.0 Å². The van der Waals surface area contributed by atoms with Crippen molar-refractivity contribution in [3.8, 4) is 5.75 Å². The molecule has 1 rings (SSSR count). The zero-order valence-corrected chi connectivity index (χ0v) is 10.9. The van der Waals surface area contributed by atoms with Gasteiger partial charge in [0.2, 0.25) is 0 Å². The van der Waals surface area contributed by atoms with Crippen LogP contribution in [0.2, 0.25) is 0 Å². The van der Waals surface area contributed by atoms with Gasteiger partial charge in [0.1, 0.15) is 5.75 Å². The van der Waals surface area contributed by atoms with Crippen molar-refractivity contribution < 1.29 is 9.84 Å². The van der Waals surface area contributed by atoms with E-state index in [1.54, 1.807) is 12.3 Å². The summed E-state index contributed by atoms with van der Waals surface area (Å²) < 4.78 is 5.75. The van der Waals surface area contributed by atoms with Gasteiger partial charge >= 0.3 is 0 Å². The molecule has 96 valence electrons. The van der Waals surface area contributed by atoms with Crippen LogP contribution in [0.4, 0.5) is 0 Å². The van der Waals surface area contributed by atoms with Crippen molar-refractivity contribution in [1.82, 2.24) is 4.98 Å². The molecule has 1 aromatic heterocycles. The van der Waals surface area contributed by atoms with Gasteiger partial charge in [0.05, 0.1) is 18.9 Å². The van der Waals surface area contributed by atoms with E-state index in [2.05, 4.69) is 18.8 Å². The number of rotatable bonds is 8. The molecule has 3 nitrogen and oxygen atoms in total.